The molecular formula is C25H16F3N3O4. The molecule has 0 unspecified atom stereocenters. The predicted molar refractivity (Wildman–Crippen MR) is 124 cm³/mol. The number of aromatic nitrogens is 2. The largest absolute Gasteiger partial charge is 0.478 e. The number of alkyl halides is 3. The summed E-state index contributed by atoms with van der Waals surface area (Å²) in [4.78, 5) is 40.2. The number of benzene rings is 3. The number of hydrogen-bond donors (Lipinski definition) is 2. The molecule has 35 heavy (non-hydrogen) atoms. The van der Waals surface area contributed by atoms with E-state index >= 15 is 0 Å². The zero-order chi connectivity index (χ0) is 25.2. The lowest BCUT2D eigenvalue weighted by Gasteiger charge is -2.12. The number of carboxylic acid groups (broad SMARTS) is 1. The van der Waals surface area contributed by atoms with Gasteiger partial charge >= 0.3 is 18.1 Å². The number of rotatable bonds is 5. The van der Waals surface area contributed by atoms with Gasteiger partial charge < -0.3 is 10.4 Å². The Kier molecular flexibility index (Phi) is 6.20. The Hall–Kier alpha value is -4.73. The first-order valence-corrected chi connectivity index (χ1v) is 10.2. The van der Waals surface area contributed by atoms with Crippen LogP contribution in [0.25, 0.3) is 28.7 Å². The minimum Gasteiger partial charge on any atom is -0.478 e. The second kappa shape index (κ2) is 9.26. The van der Waals surface area contributed by atoms with Gasteiger partial charge in [-0.25, -0.2) is 9.78 Å². The van der Waals surface area contributed by atoms with Gasteiger partial charge in [0, 0.05) is 5.69 Å². The number of nitrogens with zero attached hydrogens (tertiary/aromatic N) is 2. The summed E-state index contributed by atoms with van der Waals surface area (Å²) in [6.45, 7) is 0. The van der Waals surface area contributed by atoms with Gasteiger partial charge in [-0.05, 0) is 60.2 Å². The number of carbonyl (C=O) groups excluding carboxylic acids is 1. The zero-order valence-electron chi connectivity index (χ0n) is 17.8. The van der Waals surface area contributed by atoms with Crippen molar-refractivity contribution in [3.63, 3.8) is 0 Å². The third-order valence-corrected chi connectivity index (χ3v) is 5.00. The van der Waals surface area contributed by atoms with Crippen molar-refractivity contribution in [2.24, 2.45) is 0 Å². The van der Waals surface area contributed by atoms with Gasteiger partial charge in [-0.1, -0.05) is 30.3 Å². The molecule has 4 aromatic rings. The summed E-state index contributed by atoms with van der Waals surface area (Å²) in [5.41, 5.74) is 0.864. The number of anilines is 1. The van der Waals surface area contributed by atoms with Gasteiger partial charge in [0.1, 0.15) is 5.82 Å². The first kappa shape index (κ1) is 23.4. The van der Waals surface area contributed by atoms with Crippen LogP contribution in [0.3, 0.4) is 0 Å². The zero-order valence-corrected chi connectivity index (χ0v) is 17.8. The average molecular weight is 479 g/mol. The monoisotopic (exact) mass is 479 g/mol. The quantitative estimate of drug-likeness (QED) is 0.430. The molecule has 0 fully saturated rings. The van der Waals surface area contributed by atoms with E-state index < -0.39 is 18.1 Å². The molecule has 4 rings (SSSR count). The Bertz CT molecular complexity index is 1520. The lowest BCUT2D eigenvalue weighted by molar-refractivity contribution is -0.167. The Labute approximate surface area is 195 Å². The Morgan fingerprint density at radius 3 is 2.34 bits per heavy atom. The normalized spacial score (nSPS) is 11.6. The second-order valence-electron chi connectivity index (χ2n) is 7.39. The number of hydrogen-bond acceptors (Lipinski definition) is 4. The molecule has 7 nitrogen and oxygen atoms in total. The van der Waals surface area contributed by atoms with Crippen LogP contribution >= 0.6 is 0 Å². The van der Waals surface area contributed by atoms with Gasteiger partial charge in [0.2, 0.25) is 0 Å². The van der Waals surface area contributed by atoms with Crippen molar-refractivity contribution in [3.8, 4) is 5.69 Å². The number of carbonyl (C=O) groups is 2. The van der Waals surface area contributed by atoms with E-state index in [9.17, 15) is 27.6 Å². The molecular weight excluding hydrogens is 463 g/mol. The minimum absolute atomic E-state index is 0.0466. The van der Waals surface area contributed by atoms with Gasteiger partial charge in [0.25, 0.3) is 5.56 Å². The number of fused-ring (bicyclic) bond motifs is 1. The molecule has 1 amide bonds. The van der Waals surface area contributed by atoms with E-state index in [0.717, 1.165) is 0 Å². The SMILES string of the molecule is O=C(O)c1ccc(-n2c(/C=C/c3cccc(NC(=O)C(F)(F)F)c3)nc3ccccc3c2=O)cc1. The number of halogens is 3. The summed E-state index contributed by atoms with van der Waals surface area (Å²) in [7, 11) is 0. The lowest BCUT2D eigenvalue weighted by Crippen LogP contribution is -2.29. The van der Waals surface area contributed by atoms with Crippen molar-refractivity contribution in [1.29, 1.82) is 0 Å². The summed E-state index contributed by atoms with van der Waals surface area (Å²) < 4.78 is 38.9. The van der Waals surface area contributed by atoms with Crippen molar-refractivity contribution in [1.82, 2.24) is 9.55 Å². The fraction of sp³-hybridized carbons (Fsp3) is 0.0400. The van der Waals surface area contributed by atoms with Crippen LogP contribution in [0.15, 0.2) is 77.6 Å². The molecule has 0 radical (unpaired) electrons. The molecule has 1 heterocycles. The van der Waals surface area contributed by atoms with Gasteiger partial charge in [-0.3, -0.25) is 14.2 Å². The van der Waals surface area contributed by atoms with Crippen LogP contribution in [0.4, 0.5) is 18.9 Å². The van der Waals surface area contributed by atoms with Gasteiger partial charge in [-0.15, -0.1) is 0 Å². The molecule has 176 valence electrons. The fourth-order valence-electron chi connectivity index (χ4n) is 3.36. The van der Waals surface area contributed by atoms with Crippen molar-refractivity contribution in [2.45, 2.75) is 6.18 Å². The average Bonchev–Trinajstić information content (AvgIpc) is 2.82. The molecule has 0 saturated heterocycles. The van der Waals surface area contributed by atoms with Crippen molar-refractivity contribution >= 4 is 40.6 Å². The van der Waals surface area contributed by atoms with Crippen LogP contribution in [0, 0.1) is 0 Å². The molecule has 0 bridgehead atoms. The second-order valence-corrected chi connectivity index (χ2v) is 7.39. The van der Waals surface area contributed by atoms with E-state index in [1.165, 1.54) is 59.2 Å². The lowest BCUT2D eigenvalue weighted by atomic mass is 10.1. The number of para-hydroxylation sites is 1. The Morgan fingerprint density at radius 1 is 0.943 bits per heavy atom. The molecule has 3 aromatic carbocycles. The molecule has 10 heteroatoms. The molecule has 1 aromatic heterocycles. The van der Waals surface area contributed by atoms with E-state index in [0.29, 0.717) is 22.2 Å². The van der Waals surface area contributed by atoms with E-state index in [1.54, 1.807) is 35.6 Å². The maximum atomic E-state index is 13.3. The molecule has 0 aliphatic carbocycles. The van der Waals surface area contributed by atoms with Crippen LogP contribution in [-0.4, -0.2) is 32.7 Å². The summed E-state index contributed by atoms with van der Waals surface area (Å²) in [6, 6.07) is 18.1. The number of amides is 1. The first-order chi connectivity index (χ1) is 16.6. The Balaban J connectivity index is 1.77. The summed E-state index contributed by atoms with van der Waals surface area (Å²) in [5.74, 6) is -2.99. The van der Waals surface area contributed by atoms with Crippen LogP contribution in [0.1, 0.15) is 21.7 Å². The fourth-order valence-corrected chi connectivity index (χ4v) is 3.36. The van der Waals surface area contributed by atoms with Gasteiger partial charge in [0.15, 0.2) is 0 Å². The molecule has 0 atom stereocenters. The van der Waals surface area contributed by atoms with Crippen molar-refractivity contribution in [2.75, 3.05) is 5.32 Å². The first-order valence-electron chi connectivity index (χ1n) is 10.2. The van der Waals surface area contributed by atoms with Gasteiger partial charge in [-0.2, -0.15) is 13.2 Å². The third-order valence-electron chi connectivity index (χ3n) is 5.00. The molecule has 0 aliphatic heterocycles. The highest BCUT2D eigenvalue weighted by Crippen LogP contribution is 2.20. The standard InChI is InChI=1S/C25H16F3N3O4/c26-25(27,28)24(35)29-17-5-3-4-15(14-17)8-13-21-30-20-7-2-1-6-19(20)22(32)31(21)18-11-9-16(10-12-18)23(33)34/h1-14H,(H,29,35)(H,33,34)/b13-8+. The van der Waals surface area contributed by atoms with Crippen LogP contribution < -0.4 is 10.9 Å². The van der Waals surface area contributed by atoms with Crippen LogP contribution in [-0.2, 0) is 4.79 Å². The number of carboxylic acids is 1. The summed E-state index contributed by atoms with van der Waals surface area (Å²) >= 11 is 0. The highest BCUT2D eigenvalue weighted by molar-refractivity contribution is 5.95. The number of nitrogens with one attached hydrogen (secondary N) is 1. The van der Waals surface area contributed by atoms with Crippen molar-refractivity contribution < 1.29 is 27.9 Å². The molecule has 0 saturated carbocycles. The molecule has 0 aliphatic rings. The summed E-state index contributed by atoms with van der Waals surface area (Å²) in [6.07, 6.45) is -1.99. The minimum atomic E-state index is -5.02. The van der Waals surface area contributed by atoms with Crippen LogP contribution in [0.5, 0.6) is 0 Å². The van der Waals surface area contributed by atoms with E-state index in [1.807, 2.05) is 0 Å². The van der Waals surface area contributed by atoms with Gasteiger partial charge in [0.05, 0.1) is 22.2 Å². The molecule has 2 N–H and O–H groups in total. The third kappa shape index (κ3) is 5.11. The maximum absolute atomic E-state index is 13.3. The highest BCUT2D eigenvalue weighted by Gasteiger charge is 2.38. The number of aromatic carboxylic acids is 1. The van der Waals surface area contributed by atoms with E-state index in [-0.39, 0.29) is 22.6 Å². The predicted octanol–water partition coefficient (Wildman–Crippen LogP) is 4.76. The van der Waals surface area contributed by atoms with E-state index in [2.05, 4.69) is 4.98 Å². The molecule has 0 spiro atoms. The topological polar surface area (TPSA) is 101 Å². The van der Waals surface area contributed by atoms with Crippen LogP contribution in [0.2, 0.25) is 0 Å². The summed E-state index contributed by atoms with van der Waals surface area (Å²) in [5, 5.41) is 11.3. The smallest absolute Gasteiger partial charge is 0.471 e. The Morgan fingerprint density at radius 2 is 1.66 bits per heavy atom. The maximum Gasteiger partial charge on any atom is 0.471 e. The van der Waals surface area contributed by atoms with Crippen molar-refractivity contribution in [3.05, 3.63) is 100 Å². The van der Waals surface area contributed by atoms with E-state index in [4.69, 9.17) is 5.11 Å². The highest BCUT2D eigenvalue weighted by atomic mass is 19.4.